The molecule has 0 amide bonds. The normalized spacial score (nSPS) is 61.9. The van der Waals surface area contributed by atoms with Crippen LogP contribution in [0.2, 0.25) is 0 Å². The molecule has 0 heterocycles. The van der Waals surface area contributed by atoms with E-state index in [2.05, 4.69) is 0 Å². The lowest BCUT2D eigenvalue weighted by atomic mass is 9.61. The first-order valence-electron chi connectivity index (χ1n) is 7.07. The van der Waals surface area contributed by atoms with Gasteiger partial charge in [-0.1, -0.05) is 0 Å². The minimum absolute atomic E-state index is 0.292. The molecule has 4 aliphatic rings. The lowest BCUT2D eigenvalue weighted by molar-refractivity contribution is -0.0172. The fourth-order valence-corrected chi connectivity index (χ4v) is 5.47. The van der Waals surface area contributed by atoms with Gasteiger partial charge < -0.3 is 10.2 Å². The summed E-state index contributed by atoms with van der Waals surface area (Å²) in [6, 6.07) is 0. The summed E-state index contributed by atoms with van der Waals surface area (Å²) in [6.45, 7) is 0.604. The molecule has 4 saturated carbocycles. The van der Waals surface area contributed by atoms with Crippen molar-refractivity contribution in [2.75, 3.05) is 13.2 Å². The van der Waals surface area contributed by atoms with Crippen LogP contribution in [0.1, 0.15) is 25.7 Å². The standard InChI is InChI=1S/C14H22O2/c15-5-7-1-2-8-9-3-10(9)11-4-12(11)14(8)13(7)6-16/h7-16H,1-6H2. The number of aliphatic hydroxyl groups excluding tert-OH is 2. The van der Waals surface area contributed by atoms with E-state index in [1.165, 1.54) is 19.3 Å². The maximum absolute atomic E-state index is 9.66. The van der Waals surface area contributed by atoms with E-state index in [1.54, 1.807) is 0 Å². The highest BCUT2D eigenvalue weighted by Crippen LogP contribution is 2.72. The van der Waals surface area contributed by atoms with Gasteiger partial charge in [-0.15, -0.1) is 0 Å². The van der Waals surface area contributed by atoms with Crippen molar-refractivity contribution in [1.82, 2.24) is 0 Å². The fraction of sp³-hybridized carbons (Fsp3) is 1.00. The van der Waals surface area contributed by atoms with E-state index in [1.807, 2.05) is 0 Å². The summed E-state index contributed by atoms with van der Waals surface area (Å²) < 4.78 is 0. The smallest absolute Gasteiger partial charge is 0.0465 e. The zero-order chi connectivity index (χ0) is 10.9. The van der Waals surface area contributed by atoms with Crippen molar-refractivity contribution in [2.24, 2.45) is 47.3 Å². The predicted molar refractivity (Wildman–Crippen MR) is 60.6 cm³/mol. The zero-order valence-electron chi connectivity index (χ0n) is 9.76. The molecule has 0 spiro atoms. The molecule has 0 aromatic heterocycles. The van der Waals surface area contributed by atoms with E-state index in [0.29, 0.717) is 25.0 Å². The quantitative estimate of drug-likeness (QED) is 0.743. The van der Waals surface area contributed by atoms with Crippen LogP contribution >= 0.6 is 0 Å². The summed E-state index contributed by atoms with van der Waals surface area (Å²) in [5, 5.41) is 19.1. The Kier molecular flexibility index (Phi) is 2.00. The molecule has 8 atom stereocenters. The molecular formula is C14H22O2. The van der Waals surface area contributed by atoms with Gasteiger partial charge in [-0.2, -0.15) is 0 Å². The van der Waals surface area contributed by atoms with Gasteiger partial charge >= 0.3 is 0 Å². The molecule has 2 N–H and O–H groups in total. The summed E-state index contributed by atoms with van der Waals surface area (Å²) in [5.74, 6) is 6.54. The van der Waals surface area contributed by atoms with Crippen LogP contribution in [0.3, 0.4) is 0 Å². The Labute approximate surface area is 97.0 Å². The molecule has 0 aromatic rings. The Morgan fingerprint density at radius 3 is 2.19 bits per heavy atom. The highest BCUT2D eigenvalue weighted by atomic mass is 16.3. The number of rotatable bonds is 2. The monoisotopic (exact) mass is 222 g/mol. The molecule has 4 rings (SSSR count). The van der Waals surface area contributed by atoms with Gasteiger partial charge in [0.2, 0.25) is 0 Å². The van der Waals surface area contributed by atoms with Gasteiger partial charge in [0.05, 0.1) is 0 Å². The second-order valence-electron chi connectivity index (χ2n) is 6.73. The van der Waals surface area contributed by atoms with Crippen LogP contribution in [0, 0.1) is 47.3 Å². The largest absolute Gasteiger partial charge is 0.396 e. The molecule has 4 aliphatic carbocycles. The summed E-state index contributed by atoms with van der Waals surface area (Å²) in [5.41, 5.74) is 0. The van der Waals surface area contributed by atoms with E-state index in [9.17, 15) is 10.2 Å². The first kappa shape index (κ1) is 9.90. The lowest BCUT2D eigenvalue weighted by Crippen LogP contribution is -2.42. The second kappa shape index (κ2) is 3.23. The summed E-state index contributed by atoms with van der Waals surface area (Å²) in [4.78, 5) is 0. The predicted octanol–water partition coefficient (Wildman–Crippen LogP) is 1.52. The van der Waals surface area contributed by atoms with E-state index in [-0.39, 0.29) is 0 Å². The van der Waals surface area contributed by atoms with Gasteiger partial charge in [0.25, 0.3) is 0 Å². The fourth-order valence-electron chi connectivity index (χ4n) is 5.47. The van der Waals surface area contributed by atoms with E-state index in [4.69, 9.17) is 0 Å². The van der Waals surface area contributed by atoms with Gasteiger partial charge in [0.1, 0.15) is 0 Å². The minimum Gasteiger partial charge on any atom is -0.396 e. The van der Waals surface area contributed by atoms with Crippen molar-refractivity contribution in [1.29, 1.82) is 0 Å². The van der Waals surface area contributed by atoms with Gasteiger partial charge in [-0.05, 0) is 73.0 Å². The van der Waals surface area contributed by atoms with Crippen molar-refractivity contribution in [2.45, 2.75) is 25.7 Å². The summed E-state index contributed by atoms with van der Waals surface area (Å²) in [6.07, 6.45) is 5.42. The molecule has 8 unspecified atom stereocenters. The maximum atomic E-state index is 9.66. The van der Waals surface area contributed by atoms with Crippen molar-refractivity contribution >= 4 is 0 Å². The van der Waals surface area contributed by atoms with Crippen molar-refractivity contribution < 1.29 is 10.2 Å². The number of hydrogen-bond acceptors (Lipinski definition) is 2. The molecule has 90 valence electrons. The molecule has 2 nitrogen and oxygen atoms in total. The van der Waals surface area contributed by atoms with E-state index < -0.39 is 0 Å². The summed E-state index contributed by atoms with van der Waals surface area (Å²) >= 11 is 0. The third-order valence-electron chi connectivity index (χ3n) is 6.29. The topological polar surface area (TPSA) is 40.5 Å². The second-order valence-corrected chi connectivity index (χ2v) is 6.73. The molecule has 2 heteroatoms. The number of fused-ring (bicyclic) bond motifs is 6. The Hall–Kier alpha value is -0.0800. The molecule has 0 aliphatic heterocycles. The van der Waals surface area contributed by atoms with Crippen molar-refractivity contribution in [3.8, 4) is 0 Å². The molecule has 0 bridgehead atoms. The third kappa shape index (κ3) is 1.15. The van der Waals surface area contributed by atoms with Crippen molar-refractivity contribution in [3.63, 3.8) is 0 Å². The SMILES string of the molecule is OCC1CCC2C3CC3C3CC3C2C1CO. The van der Waals surface area contributed by atoms with Crippen molar-refractivity contribution in [3.05, 3.63) is 0 Å². The van der Waals surface area contributed by atoms with Crippen LogP contribution in [0.15, 0.2) is 0 Å². The van der Waals surface area contributed by atoms with E-state index in [0.717, 1.165) is 41.9 Å². The molecule has 0 radical (unpaired) electrons. The Balaban J connectivity index is 1.62. The Morgan fingerprint density at radius 1 is 0.750 bits per heavy atom. The highest BCUT2D eigenvalue weighted by Gasteiger charge is 2.66. The van der Waals surface area contributed by atoms with Crippen LogP contribution in [0.5, 0.6) is 0 Å². The molecular weight excluding hydrogens is 200 g/mol. The van der Waals surface area contributed by atoms with Gasteiger partial charge in [-0.3, -0.25) is 0 Å². The average Bonchev–Trinajstić information content (AvgIpc) is 3.15. The van der Waals surface area contributed by atoms with Crippen LogP contribution in [0.25, 0.3) is 0 Å². The average molecular weight is 222 g/mol. The molecule has 16 heavy (non-hydrogen) atoms. The van der Waals surface area contributed by atoms with Crippen LogP contribution in [-0.2, 0) is 0 Å². The van der Waals surface area contributed by atoms with Crippen LogP contribution in [0.4, 0.5) is 0 Å². The summed E-state index contributed by atoms with van der Waals surface area (Å²) in [7, 11) is 0. The van der Waals surface area contributed by atoms with E-state index >= 15 is 0 Å². The van der Waals surface area contributed by atoms with Gasteiger partial charge in [-0.25, -0.2) is 0 Å². The Bertz CT molecular complexity index is 303. The maximum Gasteiger partial charge on any atom is 0.0465 e. The van der Waals surface area contributed by atoms with Gasteiger partial charge in [0.15, 0.2) is 0 Å². The minimum atomic E-state index is 0.292. The molecule has 4 fully saturated rings. The highest BCUT2D eigenvalue weighted by molar-refractivity contribution is 5.15. The lowest BCUT2D eigenvalue weighted by Gasteiger charge is -2.44. The number of aliphatic hydroxyl groups is 2. The molecule has 0 aromatic carbocycles. The number of hydrogen-bond donors (Lipinski definition) is 2. The molecule has 0 saturated heterocycles. The van der Waals surface area contributed by atoms with Crippen LogP contribution < -0.4 is 0 Å². The first-order valence-corrected chi connectivity index (χ1v) is 7.07. The Morgan fingerprint density at radius 2 is 1.44 bits per heavy atom. The van der Waals surface area contributed by atoms with Gasteiger partial charge in [0, 0.05) is 13.2 Å². The first-order chi connectivity index (χ1) is 7.85. The van der Waals surface area contributed by atoms with Crippen LogP contribution in [-0.4, -0.2) is 23.4 Å². The third-order valence-corrected chi connectivity index (χ3v) is 6.29. The zero-order valence-corrected chi connectivity index (χ0v) is 9.76.